The van der Waals surface area contributed by atoms with Crippen LogP contribution in [0.2, 0.25) is 0 Å². The van der Waals surface area contributed by atoms with Crippen LogP contribution in [0.25, 0.3) is 0 Å². The number of hydrogen-bond donors (Lipinski definition) is 1. The second-order valence-electron chi connectivity index (χ2n) is 24.5. The van der Waals surface area contributed by atoms with E-state index in [1.165, 1.54) is 174 Å². The molecule has 0 aromatic carbocycles. The molecule has 4 heterocycles. The Bertz CT molecular complexity index is 1440. The fourth-order valence-electron chi connectivity index (χ4n) is 20.0. The predicted octanol–water partition coefficient (Wildman–Crippen LogP) is 11.2. The first-order valence-corrected chi connectivity index (χ1v) is 27.8. The summed E-state index contributed by atoms with van der Waals surface area (Å²) < 4.78 is 0. The quantitative estimate of drug-likeness (QED) is 0.289. The van der Waals surface area contributed by atoms with Crippen LogP contribution in [0.4, 0.5) is 0 Å². The summed E-state index contributed by atoms with van der Waals surface area (Å²) in [5.41, 5.74) is 0. The Hall–Kier alpha value is -0.490. The van der Waals surface area contributed by atoms with Crippen LogP contribution in [0.5, 0.6) is 0 Å². The van der Waals surface area contributed by atoms with Crippen molar-refractivity contribution in [2.75, 3.05) is 13.1 Å². The molecule has 0 bridgehead atoms. The lowest BCUT2D eigenvalue weighted by molar-refractivity contribution is -0.129. The van der Waals surface area contributed by atoms with E-state index < -0.39 is 0 Å². The van der Waals surface area contributed by atoms with Gasteiger partial charge in [-0.3, -0.25) is 19.5 Å². The molecule has 12 aliphatic rings. The van der Waals surface area contributed by atoms with E-state index >= 15 is 0 Å². The van der Waals surface area contributed by atoms with Crippen molar-refractivity contribution in [3.05, 3.63) is 0 Å². The van der Waals surface area contributed by atoms with Gasteiger partial charge in [-0.25, -0.2) is 0 Å². The Labute approximate surface area is 361 Å². The van der Waals surface area contributed by atoms with Gasteiger partial charge in [-0.2, -0.15) is 0 Å². The molecule has 4 saturated heterocycles. The van der Waals surface area contributed by atoms with Gasteiger partial charge in [0.2, 0.25) is 0 Å². The van der Waals surface area contributed by atoms with E-state index in [1.807, 2.05) is 0 Å². The maximum Gasteiger partial charge on any atom is 0.139 e. The van der Waals surface area contributed by atoms with Crippen LogP contribution in [0.1, 0.15) is 205 Å². The first kappa shape index (κ1) is 40.1. The molecule has 14 atom stereocenters. The minimum absolute atomic E-state index is 0.381. The largest absolute Gasteiger partial charge is 0.315 e. The van der Waals surface area contributed by atoms with Crippen molar-refractivity contribution < 1.29 is 4.79 Å². The molecule has 0 aromatic rings. The summed E-state index contributed by atoms with van der Waals surface area (Å²) in [6.07, 6.45) is 46.4. The van der Waals surface area contributed by atoms with Crippen LogP contribution in [-0.2, 0) is 4.79 Å². The fourth-order valence-corrected chi connectivity index (χ4v) is 20.0. The molecule has 5 heteroatoms. The molecule has 8 saturated carbocycles. The van der Waals surface area contributed by atoms with Crippen LogP contribution >= 0.6 is 0 Å². The molecule has 1 N–H and O–H groups in total. The van der Waals surface area contributed by atoms with Crippen molar-refractivity contribution in [1.29, 1.82) is 0 Å². The summed E-state index contributed by atoms with van der Waals surface area (Å²) in [7, 11) is 0. The van der Waals surface area contributed by atoms with E-state index in [2.05, 4.69) is 20.0 Å². The zero-order valence-corrected chi connectivity index (χ0v) is 37.8. The number of rotatable bonds is 6. The van der Waals surface area contributed by atoms with Gasteiger partial charge in [-0.05, 0) is 189 Å². The first-order valence-electron chi connectivity index (χ1n) is 27.8. The third kappa shape index (κ3) is 7.14. The van der Waals surface area contributed by atoms with Gasteiger partial charge in [0, 0.05) is 72.8 Å². The molecule has 59 heavy (non-hydrogen) atoms. The van der Waals surface area contributed by atoms with Crippen LogP contribution < -0.4 is 5.32 Å². The fraction of sp³-hybridized carbons (Fsp3) is 0.981. The number of fused-ring (bicyclic) bond motifs is 9. The summed E-state index contributed by atoms with van der Waals surface area (Å²) in [5, 5.41) is 3.91. The van der Waals surface area contributed by atoms with E-state index in [0.717, 1.165) is 102 Å². The van der Waals surface area contributed by atoms with Gasteiger partial charge in [0.15, 0.2) is 0 Å². The molecule has 0 aromatic heterocycles. The maximum atomic E-state index is 13.6. The van der Waals surface area contributed by atoms with Crippen molar-refractivity contribution in [2.45, 2.75) is 260 Å². The zero-order valence-electron chi connectivity index (χ0n) is 37.8. The highest BCUT2D eigenvalue weighted by Gasteiger charge is 2.62. The Morgan fingerprint density at radius 1 is 0.339 bits per heavy atom. The van der Waals surface area contributed by atoms with Crippen molar-refractivity contribution >= 4 is 5.78 Å². The van der Waals surface area contributed by atoms with Gasteiger partial charge in [0.1, 0.15) is 5.78 Å². The Kier molecular flexibility index (Phi) is 11.6. The highest BCUT2D eigenvalue weighted by atomic mass is 16.1. The van der Waals surface area contributed by atoms with Gasteiger partial charge in [-0.15, -0.1) is 0 Å². The molecule has 0 spiro atoms. The van der Waals surface area contributed by atoms with Gasteiger partial charge < -0.3 is 5.32 Å². The van der Waals surface area contributed by atoms with Crippen molar-refractivity contribution in [3.63, 3.8) is 0 Å². The number of carbonyl (C=O) groups is 1. The highest BCUT2D eigenvalue weighted by Crippen LogP contribution is 2.61. The molecule has 0 radical (unpaired) electrons. The Balaban J connectivity index is 0.758. The third-order valence-electron chi connectivity index (χ3n) is 22.2. The molecule has 12 rings (SSSR count). The molecule has 0 amide bonds. The lowest BCUT2D eigenvalue weighted by Gasteiger charge is -2.47. The second kappa shape index (κ2) is 17.1. The molecular weight excluding hydrogens is 721 g/mol. The molecule has 4 aliphatic heterocycles. The van der Waals surface area contributed by atoms with Gasteiger partial charge in [0.25, 0.3) is 0 Å². The topological polar surface area (TPSA) is 38.8 Å². The average molecular weight is 809 g/mol. The van der Waals surface area contributed by atoms with Crippen LogP contribution in [0, 0.1) is 59.2 Å². The van der Waals surface area contributed by atoms with E-state index in [-0.39, 0.29) is 0 Å². The number of nitrogens with zero attached hydrogens (tertiary/aromatic N) is 3. The minimum Gasteiger partial charge on any atom is -0.315 e. The molecular formula is C54H88N4O. The van der Waals surface area contributed by atoms with Crippen LogP contribution in [0.15, 0.2) is 0 Å². The second-order valence-corrected chi connectivity index (χ2v) is 24.5. The monoisotopic (exact) mass is 809 g/mol. The van der Waals surface area contributed by atoms with E-state index in [9.17, 15) is 4.79 Å². The third-order valence-corrected chi connectivity index (χ3v) is 22.2. The maximum absolute atomic E-state index is 13.6. The number of nitrogens with one attached hydrogen (secondary N) is 1. The zero-order chi connectivity index (χ0) is 39.0. The van der Waals surface area contributed by atoms with E-state index in [1.54, 1.807) is 44.9 Å². The van der Waals surface area contributed by atoms with Crippen LogP contribution in [-0.4, -0.2) is 87.9 Å². The Morgan fingerprint density at radius 3 is 1.41 bits per heavy atom. The minimum atomic E-state index is 0.381. The summed E-state index contributed by atoms with van der Waals surface area (Å²) in [6.45, 7) is 2.48. The number of carbonyl (C=O) groups excluding carboxylic acids is 1. The summed E-state index contributed by atoms with van der Waals surface area (Å²) in [5.74, 6) is 9.34. The first-order chi connectivity index (χ1) is 29.2. The molecule has 12 fully saturated rings. The van der Waals surface area contributed by atoms with Gasteiger partial charge in [0.05, 0.1) is 0 Å². The van der Waals surface area contributed by atoms with E-state index in [0.29, 0.717) is 17.6 Å². The van der Waals surface area contributed by atoms with Crippen molar-refractivity contribution in [1.82, 2.24) is 20.0 Å². The summed E-state index contributed by atoms with van der Waals surface area (Å²) in [6, 6.07) is 7.88. The summed E-state index contributed by atoms with van der Waals surface area (Å²) in [4.78, 5) is 23.5. The van der Waals surface area contributed by atoms with Crippen molar-refractivity contribution in [3.8, 4) is 0 Å². The van der Waals surface area contributed by atoms with Crippen molar-refractivity contribution in [2.24, 2.45) is 59.2 Å². The summed E-state index contributed by atoms with van der Waals surface area (Å²) >= 11 is 0. The number of hydrogen-bond acceptors (Lipinski definition) is 5. The van der Waals surface area contributed by atoms with Gasteiger partial charge in [-0.1, -0.05) is 70.6 Å². The average Bonchev–Trinajstić information content (AvgIpc) is 3.93. The highest BCUT2D eigenvalue weighted by molar-refractivity contribution is 5.83. The lowest BCUT2D eigenvalue weighted by atomic mass is 9.61. The molecule has 5 nitrogen and oxygen atoms in total. The number of piperidine rings is 1. The lowest BCUT2D eigenvalue weighted by Crippen LogP contribution is -2.53. The Morgan fingerprint density at radius 2 is 0.780 bits per heavy atom. The number of likely N-dealkylation sites (tertiary alicyclic amines) is 3. The molecule has 330 valence electrons. The normalized spacial score (nSPS) is 49.4. The standard InChI is InChI=1S/C54H88N4O/c59-54(35-12-4-1-5-13-35)36-20-24-41(25-21-36)58-49-26-22-37(30-44(49)43-28-29-55-34-53(43)58)38-23-27-50-45(31-38)47-33-51-46(32-52(47)57(50)40-16-8-3-9-17-40)42-18-10-11-19-48(42)56(51)39-14-6-2-7-15-39/h35-53,55H,1-34H2. The predicted molar refractivity (Wildman–Crippen MR) is 240 cm³/mol. The molecule has 14 unspecified atom stereocenters. The van der Waals surface area contributed by atoms with Crippen LogP contribution in [0.3, 0.4) is 0 Å². The number of ketones is 1. The smallest absolute Gasteiger partial charge is 0.139 e. The van der Waals surface area contributed by atoms with E-state index in [4.69, 9.17) is 0 Å². The molecule has 8 aliphatic carbocycles. The SMILES string of the molecule is O=C(C1CCCCC1)C1CCC(N2C3CCC(C4CCC5C(C4)C4CC6C(CC4N5C4CCCCC4)C4CCCCC4N6C4CCCCC4)CC3C3CCNCC32)CC1. The number of Topliss-reactive ketones (excluding diaryl/α,β-unsaturated/α-hetero) is 1. The van der Waals surface area contributed by atoms with Gasteiger partial charge >= 0.3 is 0 Å².